The molecule has 140 valence electrons. The monoisotopic (exact) mass is 359 g/mol. The second-order valence-corrected chi connectivity index (χ2v) is 7.47. The summed E-state index contributed by atoms with van der Waals surface area (Å²) >= 11 is 0. The largest absolute Gasteiger partial charge is 0.444 e. The lowest BCUT2D eigenvalue weighted by Gasteiger charge is -2.27. The van der Waals surface area contributed by atoms with Gasteiger partial charge in [0.15, 0.2) is 0 Å². The van der Waals surface area contributed by atoms with Gasteiger partial charge in [-0.3, -0.25) is 0 Å². The number of carbonyl (C=O) groups is 1. The number of hydrogen-bond donors (Lipinski definition) is 1. The molecule has 1 aliphatic rings. The predicted molar refractivity (Wildman–Crippen MR) is 87.1 cm³/mol. The Morgan fingerprint density at radius 3 is 2.32 bits per heavy atom. The molecule has 0 spiro atoms. The second kappa shape index (κ2) is 7.23. The summed E-state index contributed by atoms with van der Waals surface area (Å²) in [6, 6.07) is 4.74. The third-order valence-corrected chi connectivity index (χ3v) is 4.15. The lowest BCUT2D eigenvalue weighted by molar-refractivity contribution is -0.137. The van der Waals surface area contributed by atoms with Gasteiger partial charge in [-0.2, -0.15) is 13.2 Å². The fraction of sp³-hybridized carbons (Fsp3) is 0.611. The van der Waals surface area contributed by atoms with Crippen molar-refractivity contribution in [3.63, 3.8) is 0 Å². The molecule has 4 nitrogen and oxygen atoms in total. The zero-order valence-corrected chi connectivity index (χ0v) is 14.6. The number of rotatable bonds is 3. The van der Waals surface area contributed by atoms with Gasteiger partial charge in [0.05, 0.1) is 18.2 Å². The van der Waals surface area contributed by atoms with Crippen molar-refractivity contribution in [3.8, 4) is 0 Å². The first-order valence-electron chi connectivity index (χ1n) is 8.26. The Kier molecular flexibility index (Phi) is 5.66. The minimum Gasteiger partial charge on any atom is -0.444 e. The molecule has 0 saturated carbocycles. The number of aliphatic hydroxyl groups excluding tert-OH is 1. The van der Waals surface area contributed by atoms with Crippen molar-refractivity contribution in [3.05, 3.63) is 35.4 Å². The minimum absolute atomic E-state index is 0.0707. The number of amides is 1. The Bertz CT molecular complexity index is 593. The van der Waals surface area contributed by atoms with Crippen molar-refractivity contribution in [1.29, 1.82) is 0 Å². The molecule has 0 aliphatic carbocycles. The normalized spacial score (nSPS) is 21.5. The predicted octanol–water partition coefficient (Wildman–Crippen LogP) is 3.87. The molecule has 1 aromatic carbocycles. The highest BCUT2D eigenvalue weighted by atomic mass is 19.4. The fourth-order valence-corrected chi connectivity index (χ4v) is 3.04. The first kappa shape index (κ1) is 19.6. The summed E-state index contributed by atoms with van der Waals surface area (Å²) in [5, 5.41) is 9.52. The van der Waals surface area contributed by atoms with E-state index in [2.05, 4.69) is 0 Å². The van der Waals surface area contributed by atoms with E-state index in [0.717, 1.165) is 17.7 Å². The van der Waals surface area contributed by atoms with Crippen molar-refractivity contribution < 1.29 is 27.8 Å². The summed E-state index contributed by atoms with van der Waals surface area (Å²) in [5.41, 5.74) is -0.519. The summed E-state index contributed by atoms with van der Waals surface area (Å²) in [4.78, 5) is 13.8. The molecule has 1 heterocycles. The van der Waals surface area contributed by atoms with Crippen LogP contribution in [0, 0.1) is 5.92 Å². The van der Waals surface area contributed by atoms with Crippen molar-refractivity contribution in [1.82, 2.24) is 4.90 Å². The molecule has 7 heteroatoms. The molecule has 1 fully saturated rings. The van der Waals surface area contributed by atoms with Crippen molar-refractivity contribution in [2.75, 3.05) is 13.2 Å². The Morgan fingerprint density at radius 1 is 1.24 bits per heavy atom. The lowest BCUT2D eigenvalue weighted by Crippen LogP contribution is -2.41. The molecule has 2 atom stereocenters. The number of halogens is 3. The minimum atomic E-state index is -4.35. The quantitative estimate of drug-likeness (QED) is 0.891. The number of hydrogen-bond acceptors (Lipinski definition) is 3. The molecule has 1 aliphatic heterocycles. The van der Waals surface area contributed by atoms with Crippen LogP contribution in [0.2, 0.25) is 0 Å². The van der Waals surface area contributed by atoms with Crippen molar-refractivity contribution in [2.24, 2.45) is 5.92 Å². The third kappa shape index (κ3) is 5.36. The van der Waals surface area contributed by atoms with Crippen molar-refractivity contribution in [2.45, 2.75) is 51.4 Å². The van der Waals surface area contributed by atoms with E-state index >= 15 is 0 Å². The molecule has 0 bridgehead atoms. The van der Waals surface area contributed by atoms with Crippen LogP contribution in [-0.2, 0) is 17.3 Å². The van der Waals surface area contributed by atoms with Crippen LogP contribution < -0.4 is 0 Å². The molecular formula is C18H24F3NO3. The van der Waals surface area contributed by atoms with Gasteiger partial charge in [-0.15, -0.1) is 0 Å². The zero-order valence-electron chi connectivity index (χ0n) is 14.6. The van der Waals surface area contributed by atoms with Crippen LogP contribution in [0.1, 0.15) is 38.3 Å². The van der Waals surface area contributed by atoms with Gasteiger partial charge in [0.1, 0.15) is 5.60 Å². The number of nitrogens with zero attached hydrogens (tertiary/aromatic N) is 1. The maximum Gasteiger partial charge on any atom is 0.416 e. The van der Waals surface area contributed by atoms with E-state index in [-0.39, 0.29) is 18.6 Å². The topological polar surface area (TPSA) is 49.8 Å². The fourth-order valence-electron chi connectivity index (χ4n) is 3.04. The SMILES string of the molecule is CC(C)(C)OC(=O)N1CC(Cc2ccc(C(F)(F)F)cc2)C[C@H]1CO. The first-order chi connectivity index (χ1) is 11.5. The van der Waals surface area contributed by atoms with Crippen LogP contribution in [0.5, 0.6) is 0 Å². The highest BCUT2D eigenvalue weighted by Crippen LogP contribution is 2.31. The van der Waals surface area contributed by atoms with Gasteiger partial charge >= 0.3 is 12.3 Å². The molecular weight excluding hydrogens is 335 g/mol. The summed E-state index contributed by atoms with van der Waals surface area (Å²) in [5.74, 6) is 0.0707. The van der Waals surface area contributed by atoms with E-state index in [0.29, 0.717) is 19.4 Å². The summed E-state index contributed by atoms with van der Waals surface area (Å²) in [6.07, 6.45) is -3.67. The number of carbonyl (C=O) groups excluding carboxylic acids is 1. The number of aliphatic hydroxyl groups is 1. The van der Waals surface area contributed by atoms with E-state index in [1.807, 2.05) is 0 Å². The molecule has 2 rings (SSSR count). The highest BCUT2D eigenvalue weighted by molar-refractivity contribution is 5.69. The standard InChI is InChI=1S/C18H24F3NO3/c1-17(2,3)25-16(24)22-10-13(9-15(22)11-23)8-12-4-6-14(7-5-12)18(19,20)21/h4-7,13,15,23H,8-11H2,1-3H3/t13?,15-/m0/s1. The molecule has 1 aromatic rings. The molecule has 1 N–H and O–H groups in total. The van der Waals surface area contributed by atoms with E-state index < -0.39 is 23.4 Å². The number of benzene rings is 1. The van der Waals surface area contributed by atoms with Crippen molar-refractivity contribution >= 4 is 6.09 Å². The van der Waals surface area contributed by atoms with E-state index in [1.165, 1.54) is 17.0 Å². The van der Waals surface area contributed by atoms with E-state index in [9.17, 15) is 23.1 Å². The van der Waals surface area contributed by atoms with Gasteiger partial charge < -0.3 is 14.7 Å². The van der Waals surface area contributed by atoms with Gasteiger partial charge in [-0.25, -0.2) is 4.79 Å². The number of likely N-dealkylation sites (tertiary alicyclic amines) is 1. The Hall–Kier alpha value is -1.76. The van der Waals surface area contributed by atoms with Crippen LogP contribution in [0.25, 0.3) is 0 Å². The van der Waals surface area contributed by atoms with Crippen LogP contribution in [0.3, 0.4) is 0 Å². The van der Waals surface area contributed by atoms with Gasteiger partial charge in [0.2, 0.25) is 0 Å². The Labute approximate surface area is 145 Å². The first-order valence-corrected chi connectivity index (χ1v) is 8.26. The molecule has 0 aromatic heterocycles. The Balaban J connectivity index is 2.01. The molecule has 1 saturated heterocycles. The summed E-state index contributed by atoms with van der Waals surface area (Å²) in [6.45, 7) is 5.57. The van der Waals surface area contributed by atoms with Gasteiger partial charge in [-0.1, -0.05) is 12.1 Å². The molecule has 1 unspecified atom stereocenters. The second-order valence-electron chi connectivity index (χ2n) is 7.47. The molecule has 25 heavy (non-hydrogen) atoms. The maximum atomic E-state index is 12.6. The average molecular weight is 359 g/mol. The third-order valence-electron chi connectivity index (χ3n) is 4.15. The van der Waals surface area contributed by atoms with Crippen LogP contribution in [0.15, 0.2) is 24.3 Å². The van der Waals surface area contributed by atoms with Gasteiger partial charge in [-0.05, 0) is 57.2 Å². The maximum absolute atomic E-state index is 12.6. The van der Waals surface area contributed by atoms with Crippen LogP contribution >= 0.6 is 0 Å². The van der Waals surface area contributed by atoms with Crippen LogP contribution in [0.4, 0.5) is 18.0 Å². The number of alkyl halides is 3. The lowest BCUT2D eigenvalue weighted by atomic mass is 9.96. The van der Waals surface area contributed by atoms with Gasteiger partial charge in [0.25, 0.3) is 0 Å². The number of ether oxygens (including phenoxy) is 1. The van der Waals surface area contributed by atoms with E-state index in [4.69, 9.17) is 4.74 Å². The highest BCUT2D eigenvalue weighted by Gasteiger charge is 2.37. The average Bonchev–Trinajstić information content (AvgIpc) is 2.88. The summed E-state index contributed by atoms with van der Waals surface area (Å²) in [7, 11) is 0. The Morgan fingerprint density at radius 2 is 1.84 bits per heavy atom. The summed E-state index contributed by atoms with van der Waals surface area (Å²) < 4.78 is 43.2. The zero-order chi connectivity index (χ0) is 18.8. The molecule has 0 radical (unpaired) electrons. The smallest absolute Gasteiger partial charge is 0.416 e. The molecule has 1 amide bonds. The van der Waals surface area contributed by atoms with Crippen LogP contribution in [-0.4, -0.2) is 40.9 Å². The van der Waals surface area contributed by atoms with Gasteiger partial charge in [0, 0.05) is 6.54 Å². The van der Waals surface area contributed by atoms with E-state index in [1.54, 1.807) is 20.8 Å².